The van der Waals surface area contributed by atoms with Crippen molar-refractivity contribution in [1.29, 1.82) is 0 Å². The van der Waals surface area contributed by atoms with Gasteiger partial charge in [-0.15, -0.1) is 0 Å². The van der Waals surface area contributed by atoms with Gasteiger partial charge < -0.3 is 29.7 Å². The number of halogens is 2. The number of sulfonamides is 1. The zero-order valence-corrected chi connectivity index (χ0v) is 34.4. The summed E-state index contributed by atoms with van der Waals surface area (Å²) in [7, 11) is -2.68. The summed E-state index contributed by atoms with van der Waals surface area (Å²) in [6.45, 7) is 5.20. The van der Waals surface area contributed by atoms with E-state index in [1.54, 1.807) is 39.0 Å². The molecule has 9 atom stereocenters. The molecular weight excluding hydrogens is 795 g/mol. The third-order valence-electron chi connectivity index (χ3n) is 13.1. The Balaban J connectivity index is 1.15. The van der Waals surface area contributed by atoms with E-state index in [0.29, 0.717) is 47.8 Å². The number of aromatic nitrogens is 2. The molecular formula is C40H52F2N6O10S. The minimum absolute atomic E-state index is 0.0535. The van der Waals surface area contributed by atoms with E-state index in [0.717, 1.165) is 32.1 Å². The molecule has 4 aliphatic carbocycles. The summed E-state index contributed by atoms with van der Waals surface area (Å²) in [5.41, 5.74) is -3.24. The number of carbonyl (C=O) groups is 4. The molecule has 0 radical (unpaired) electrons. The van der Waals surface area contributed by atoms with Gasteiger partial charge in [-0.1, -0.05) is 33.6 Å². The number of benzene rings is 1. The van der Waals surface area contributed by atoms with Crippen molar-refractivity contribution in [3.8, 4) is 11.8 Å². The average molecular weight is 847 g/mol. The summed E-state index contributed by atoms with van der Waals surface area (Å²) in [6, 6.07) is 2.15. The molecule has 5 fully saturated rings. The van der Waals surface area contributed by atoms with Crippen LogP contribution in [0.3, 0.4) is 0 Å². The maximum Gasteiger partial charge on any atom is 0.408 e. The topological polar surface area (TPSA) is 204 Å². The van der Waals surface area contributed by atoms with Gasteiger partial charge in [0, 0.05) is 19.0 Å². The number of amides is 4. The molecule has 8 rings (SSSR count). The summed E-state index contributed by atoms with van der Waals surface area (Å²) in [5.74, 6) is -3.10. The Morgan fingerprint density at radius 3 is 2.47 bits per heavy atom. The first kappa shape index (κ1) is 41.2. The van der Waals surface area contributed by atoms with Gasteiger partial charge in [-0.25, -0.2) is 22.0 Å². The summed E-state index contributed by atoms with van der Waals surface area (Å²) in [6.07, 6.45) is -0.429. The lowest BCUT2D eigenvalue weighted by Gasteiger charge is -2.36. The number of methoxy groups -OCH3 is 1. The molecule has 1 aromatic heterocycles. The van der Waals surface area contributed by atoms with Crippen LogP contribution in [-0.2, 0) is 35.7 Å². The standard InChI is InChI=1S/C40H52F2N6O10S/c1-39(2,3)31-35(51)48-19-22(17-29(48)33(49)45-40(18-27(40)32(41)42)36(52)46-59(54,55)23-10-11-23)57-37-43-28-16-21(56-4)9-12-25(28)34(50)47(37)13-7-5-6-8-24-26-14-20(26)15-30(24)58-38(53)44-31/h9,12,16,20,22-24,26-27,29-32H,5-8,10-11,13-15,17-19H2,1-4H3,(H,44,53)(H,45,49)(H,46,52). The number of carbonyl (C=O) groups excluding carboxylic acids is 4. The van der Waals surface area contributed by atoms with Gasteiger partial charge >= 0.3 is 6.09 Å². The average Bonchev–Trinajstić information content (AvgIpc) is 4.11. The number of ether oxygens (including phenoxy) is 3. The lowest BCUT2D eigenvalue weighted by Crippen LogP contribution is -2.60. The van der Waals surface area contributed by atoms with Gasteiger partial charge in [-0.05, 0) is 80.2 Å². The van der Waals surface area contributed by atoms with E-state index in [1.165, 1.54) is 16.6 Å². The summed E-state index contributed by atoms with van der Waals surface area (Å²) < 4.78 is 75.0. The fraction of sp³-hybridized carbons (Fsp3) is 0.700. The molecule has 4 amide bonds. The minimum Gasteiger partial charge on any atom is -0.497 e. The molecule has 16 nitrogen and oxygen atoms in total. The second-order valence-corrected chi connectivity index (χ2v) is 20.3. The Bertz CT molecular complexity index is 2210. The van der Waals surface area contributed by atoms with Gasteiger partial charge in [0.15, 0.2) is 0 Å². The second kappa shape index (κ2) is 15.2. The number of alkyl halides is 2. The molecule has 6 aliphatic rings. The van der Waals surface area contributed by atoms with Crippen molar-refractivity contribution in [2.75, 3.05) is 13.7 Å². The number of rotatable bonds is 7. The van der Waals surface area contributed by atoms with Gasteiger partial charge in [0.25, 0.3) is 17.5 Å². The van der Waals surface area contributed by atoms with Crippen LogP contribution in [0.4, 0.5) is 13.6 Å². The van der Waals surface area contributed by atoms with Crippen LogP contribution in [0.15, 0.2) is 23.0 Å². The molecule has 2 aliphatic heterocycles. The van der Waals surface area contributed by atoms with Crippen LogP contribution in [0.2, 0.25) is 0 Å². The SMILES string of the molecule is COc1ccc2c(=O)n3c(nc2c1)OC1CC(C(=O)NC2(C(=O)NS(=O)(=O)C4CC4)CC2C(F)F)N(C1)C(=O)C(C(C)(C)C)NC(=O)OC1CC2CC2C1CCCCC3. The Hall–Kier alpha value is -4.55. The monoisotopic (exact) mass is 846 g/mol. The van der Waals surface area contributed by atoms with Crippen molar-refractivity contribution in [3.05, 3.63) is 28.6 Å². The normalized spacial score (nSPS) is 32.4. The fourth-order valence-electron chi connectivity index (χ4n) is 9.44. The minimum atomic E-state index is -4.16. The van der Waals surface area contributed by atoms with E-state index >= 15 is 0 Å². The number of hydrogen-bond acceptors (Lipinski definition) is 11. The van der Waals surface area contributed by atoms with Crippen molar-refractivity contribution >= 4 is 44.7 Å². The molecule has 2 aromatic rings. The highest BCUT2D eigenvalue weighted by molar-refractivity contribution is 7.91. The Labute approximate surface area is 340 Å². The highest BCUT2D eigenvalue weighted by Gasteiger charge is 2.67. The van der Waals surface area contributed by atoms with E-state index in [2.05, 4.69) is 10.6 Å². The first-order chi connectivity index (χ1) is 27.9. The van der Waals surface area contributed by atoms with Gasteiger partial charge in [0.1, 0.15) is 35.6 Å². The van der Waals surface area contributed by atoms with Crippen molar-refractivity contribution in [2.45, 2.75) is 133 Å². The largest absolute Gasteiger partial charge is 0.497 e. The van der Waals surface area contributed by atoms with Crippen LogP contribution in [0.25, 0.3) is 10.9 Å². The van der Waals surface area contributed by atoms with E-state index in [9.17, 15) is 41.2 Å². The Morgan fingerprint density at radius 2 is 1.80 bits per heavy atom. The molecule has 4 saturated carbocycles. The van der Waals surface area contributed by atoms with Crippen LogP contribution in [0.1, 0.15) is 85.0 Å². The zero-order valence-electron chi connectivity index (χ0n) is 33.6. The summed E-state index contributed by atoms with van der Waals surface area (Å²) in [4.78, 5) is 76.1. The van der Waals surface area contributed by atoms with Crippen LogP contribution in [0.5, 0.6) is 11.8 Å². The maximum atomic E-state index is 14.7. The number of hydrogen-bond donors (Lipinski definition) is 3. The lowest BCUT2D eigenvalue weighted by molar-refractivity contribution is -0.143. The van der Waals surface area contributed by atoms with Crippen LogP contribution < -0.4 is 30.4 Å². The molecule has 59 heavy (non-hydrogen) atoms. The molecule has 1 saturated heterocycles. The predicted octanol–water partition coefficient (Wildman–Crippen LogP) is 3.24. The van der Waals surface area contributed by atoms with Gasteiger partial charge in [0.05, 0.1) is 35.7 Å². The molecule has 3 heterocycles. The molecule has 1 aromatic carbocycles. The van der Waals surface area contributed by atoms with Crippen LogP contribution in [-0.4, -0.2) is 102 Å². The Morgan fingerprint density at radius 1 is 1.03 bits per heavy atom. The smallest absolute Gasteiger partial charge is 0.408 e. The molecule has 0 spiro atoms. The van der Waals surface area contributed by atoms with E-state index < -0.39 is 87.0 Å². The third-order valence-corrected chi connectivity index (χ3v) is 14.9. The van der Waals surface area contributed by atoms with Crippen molar-refractivity contribution in [2.24, 2.45) is 29.1 Å². The van der Waals surface area contributed by atoms with E-state index in [4.69, 9.17) is 19.2 Å². The highest BCUT2D eigenvalue weighted by atomic mass is 32.2. The number of alkyl carbamates (subject to hydrolysis) is 1. The van der Waals surface area contributed by atoms with Gasteiger partial charge in [0.2, 0.25) is 28.3 Å². The second-order valence-electron chi connectivity index (χ2n) is 18.3. The molecule has 3 N–H and O–H groups in total. The van der Waals surface area contributed by atoms with Gasteiger partial charge in [-0.2, -0.15) is 4.98 Å². The summed E-state index contributed by atoms with van der Waals surface area (Å²) in [5, 5.41) is 4.69. The van der Waals surface area contributed by atoms with E-state index in [-0.39, 0.29) is 43.1 Å². The highest BCUT2D eigenvalue weighted by Crippen LogP contribution is 2.58. The van der Waals surface area contributed by atoms with Gasteiger partial charge in [-0.3, -0.25) is 28.5 Å². The maximum absolute atomic E-state index is 14.7. The summed E-state index contributed by atoms with van der Waals surface area (Å²) >= 11 is 0. The quantitative estimate of drug-likeness (QED) is 0.369. The predicted molar refractivity (Wildman–Crippen MR) is 207 cm³/mol. The molecule has 322 valence electrons. The molecule has 19 heteroatoms. The lowest BCUT2D eigenvalue weighted by atomic mass is 9.85. The molecule has 2 bridgehead atoms. The zero-order chi connectivity index (χ0) is 42.2. The number of fused-ring (bicyclic) bond motifs is 7. The van der Waals surface area contributed by atoms with Crippen molar-refractivity contribution < 1.29 is 50.6 Å². The third kappa shape index (κ3) is 8.07. The van der Waals surface area contributed by atoms with Crippen molar-refractivity contribution in [3.63, 3.8) is 0 Å². The van der Waals surface area contributed by atoms with Crippen LogP contribution >= 0.6 is 0 Å². The van der Waals surface area contributed by atoms with Crippen molar-refractivity contribution in [1.82, 2.24) is 29.8 Å². The Kier molecular flexibility index (Phi) is 10.6. The molecule has 9 unspecified atom stereocenters. The number of nitrogens with one attached hydrogen (secondary N) is 3. The van der Waals surface area contributed by atoms with Crippen LogP contribution in [0, 0.1) is 29.1 Å². The number of nitrogens with zero attached hydrogens (tertiary/aromatic N) is 3. The first-order valence-corrected chi connectivity index (χ1v) is 22.1. The first-order valence-electron chi connectivity index (χ1n) is 20.6. The fourth-order valence-corrected chi connectivity index (χ4v) is 10.8. The van der Waals surface area contributed by atoms with E-state index in [1.807, 2.05) is 4.72 Å².